The molecular formula is C17H18FN3O. The van der Waals surface area contributed by atoms with Crippen molar-refractivity contribution in [1.82, 2.24) is 15.1 Å². The largest absolute Gasteiger partial charge is 0.387 e. The predicted molar refractivity (Wildman–Crippen MR) is 82.9 cm³/mol. The predicted octanol–water partition coefficient (Wildman–Crippen LogP) is 1.16. The zero-order chi connectivity index (χ0) is 14.9. The molecule has 2 aliphatic heterocycles. The summed E-state index contributed by atoms with van der Waals surface area (Å²) in [6.45, 7) is 2.38. The van der Waals surface area contributed by atoms with E-state index in [9.17, 15) is 4.39 Å². The number of hydrogen-bond acceptors (Lipinski definition) is 3. The van der Waals surface area contributed by atoms with Crippen LogP contribution in [0.4, 0.5) is 4.39 Å². The Hall–Kier alpha value is -2.14. The summed E-state index contributed by atoms with van der Waals surface area (Å²) in [4.78, 5) is 0. The molecule has 3 heterocycles. The van der Waals surface area contributed by atoms with Crippen molar-refractivity contribution >= 4 is 12.3 Å². The first-order chi connectivity index (χ1) is 10.8. The molecule has 0 saturated carbocycles. The van der Waals surface area contributed by atoms with Gasteiger partial charge in [-0.2, -0.15) is 5.10 Å². The van der Waals surface area contributed by atoms with E-state index in [1.54, 1.807) is 12.1 Å². The fourth-order valence-corrected chi connectivity index (χ4v) is 3.15. The van der Waals surface area contributed by atoms with E-state index in [1.165, 1.54) is 12.1 Å². The summed E-state index contributed by atoms with van der Waals surface area (Å²) < 4.78 is 20.8. The standard InChI is InChI=1S/C17H18FN3O/c18-13-3-1-12(2-4-13)17-15-11-19-8-5-16(15)21(20-17)14-6-9-22-10-7-14/h1-5,11,14,19H,6-10H2. The highest BCUT2D eigenvalue weighted by atomic mass is 19.1. The van der Waals surface area contributed by atoms with Crippen molar-refractivity contribution in [2.75, 3.05) is 19.8 Å². The van der Waals surface area contributed by atoms with Crippen LogP contribution in [0, 0.1) is 5.82 Å². The van der Waals surface area contributed by atoms with Crippen molar-refractivity contribution in [1.29, 1.82) is 0 Å². The summed E-state index contributed by atoms with van der Waals surface area (Å²) in [7, 11) is 0. The van der Waals surface area contributed by atoms with E-state index in [-0.39, 0.29) is 5.82 Å². The number of nitrogens with zero attached hydrogens (tertiary/aromatic N) is 2. The lowest BCUT2D eigenvalue weighted by Crippen LogP contribution is -2.39. The number of hydrogen-bond donors (Lipinski definition) is 1. The average Bonchev–Trinajstić information content (AvgIpc) is 2.96. The van der Waals surface area contributed by atoms with E-state index in [2.05, 4.69) is 16.1 Å². The van der Waals surface area contributed by atoms with Gasteiger partial charge in [0.15, 0.2) is 0 Å². The Morgan fingerprint density at radius 1 is 1.18 bits per heavy atom. The van der Waals surface area contributed by atoms with E-state index in [0.717, 1.165) is 54.4 Å². The van der Waals surface area contributed by atoms with Crippen molar-refractivity contribution in [3.63, 3.8) is 0 Å². The average molecular weight is 299 g/mol. The van der Waals surface area contributed by atoms with Gasteiger partial charge in [-0.25, -0.2) is 4.39 Å². The van der Waals surface area contributed by atoms with Gasteiger partial charge < -0.3 is 10.1 Å². The van der Waals surface area contributed by atoms with Crippen LogP contribution in [0.1, 0.15) is 18.9 Å². The Morgan fingerprint density at radius 2 is 1.95 bits per heavy atom. The van der Waals surface area contributed by atoms with Crippen molar-refractivity contribution < 1.29 is 9.13 Å². The third-order valence-corrected chi connectivity index (χ3v) is 4.30. The summed E-state index contributed by atoms with van der Waals surface area (Å²) in [6.07, 6.45) is 6.15. The van der Waals surface area contributed by atoms with Gasteiger partial charge in [0.1, 0.15) is 11.5 Å². The van der Waals surface area contributed by atoms with Crippen LogP contribution in [0.15, 0.2) is 24.3 Å². The van der Waals surface area contributed by atoms with Gasteiger partial charge in [-0.15, -0.1) is 0 Å². The van der Waals surface area contributed by atoms with Crippen molar-refractivity contribution in [2.45, 2.75) is 18.9 Å². The normalized spacial score (nSPS) is 18.0. The van der Waals surface area contributed by atoms with Gasteiger partial charge in [0.05, 0.1) is 11.4 Å². The second kappa shape index (κ2) is 5.57. The molecule has 114 valence electrons. The van der Waals surface area contributed by atoms with Crippen LogP contribution in [0.3, 0.4) is 0 Å². The minimum absolute atomic E-state index is 0.227. The molecule has 0 spiro atoms. The second-order valence-electron chi connectivity index (χ2n) is 5.70. The quantitative estimate of drug-likeness (QED) is 0.904. The maximum atomic E-state index is 13.2. The van der Waals surface area contributed by atoms with Crippen molar-refractivity contribution in [2.24, 2.45) is 0 Å². The molecule has 1 aromatic heterocycles. The van der Waals surface area contributed by atoms with Gasteiger partial charge in [0.2, 0.25) is 0 Å². The first-order valence-corrected chi connectivity index (χ1v) is 7.69. The third-order valence-electron chi connectivity index (χ3n) is 4.30. The van der Waals surface area contributed by atoms with Crippen molar-refractivity contribution in [3.05, 3.63) is 40.7 Å². The molecule has 1 N–H and O–H groups in total. The fourth-order valence-electron chi connectivity index (χ4n) is 3.15. The van der Waals surface area contributed by atoms with Gasteiger partial charge in [-0.05, 0) is 43.2 Å². The summed E-state index contributed by atoms with van der Waals surface area (Å²) in [6, 6.07) is 6.91. The molecule has 4 nitrogen and oxygen atoms in total. The number of fused-ring (bicyclic) bond motifs is 1. The molecule has 0 bridgehead atoms. The van der Waals surface area contributed by atoms with Crippen LogP contribution in [0.25, 0.3) is 23.5 Å². The van der Waals surface area contributed by atoms with Crippen LogP contribution < -0.4 is 15.9 Å². The molecular weight excluding hydrogens is 281 g/mol. The summed E-state index contributed by atoms with van der Waals surface area (Å²) in [5, 5.41) is 10.3. The SMILES string of the molecule is Fc1ccc(-c2nn(C3CCOCC3)c3c2=CNCC=3)cc1. The Bertz CT molecular complexity index is 789. The van der Waals surface area contributed by atoms with E-state index in [0.29, 0.717) is 6.04 Å². The molecule has 0 radical (unpaired) electrons. The fraction of sp³-hybridized carbons (Fsp3) is 0.353. The number of nitrogens with one attached hydrogen (secondary N) is 1. The summed E-state index contributed by atoms with van der Waals surface area (Å²) in [5.41, 5.74) is 1.85. The smallest absolute Gasteiger partial charge is 0.123 e. The minimum Gasteiger partial charge on any atom is -0.387 e. The molecule has 0 amide bonds. The first-order valence-electron chi connectivity index (χ1n) is 7.69. The molecule has 1 saturated heterocycles. The molecule has 0 atom stereocenters. The molecule has 1 aromatic carbocycles. The highest BCUT2D eigenvalue weighted by molar-refractivity contribution is 5.62. The zero-order valence-corrected chi connectivity index (χ0v) is 12.3. The zero-order valence-electron chi connectivity index (χ0n) is 12.3. The van der Waals surface area contributed by atoms with Crippen LogP contribution in [0.5, 0.6) is 0 Å². The monoisotopic (exact) mass is 299 g/mol. The Balaban J connectivity index is 1.86. The van der Waals surface area contributed by atoms with Gasteiger partial charge in [-0.1, -0.05) is 0 Å². The third kappa shape index (κ3) is 2.31. The molecule has 5 heteroatoms. The van der Waals surface area contributed by atoms with Gasteiger partial charge in [-0.3, -0.25) is 4.68 Å². The number of ether oxygens (including phenoxy) is 1. The molecule has 1 fully saturated rings. The van der Waals surface area contributed by atoms with E-state index < -0.39 is 0 Å². The highest BCUT2D eigenvalue weighted by Crippen LogP contribution is 2.20. The van der Waals surface area contributed by atoms with Crippen LogP contribution >= 0.6 is 0 Å². The molecule has 2 aliphatic rings. The first kappa shape index (κ1) is 13.5. The lowest BCUT2D eigenvalue weighted by molar-refractivity contribution is 0.0654. The lowest BCUT2D eigenvalue weighted by Gasteiger charge is -2.23. The topological polar surface area (TPSA) is 39.1 Å². The van der Waals surface area contributed by atoms with E-state index in [1.807, 2.05) is 6.20 Å². The van der Waals surface area contributed by atoms with Crippen molar-refractivity contribution in [3.8, 4) is 11.3 Å². The second-order valence-corrected chi connectivity index (χ2v) is 5.70. The summed E-state index contributed by atoms with van der Waals surface area (Å²) >= 11 is 0. The maximum Gasteiger partial charge on any atom is 0.123 e. The maximum absolute atomic E-state index is 13.2. The lowest BCUT2D eigenvalue weighted by atomic mass is 10.1. The number of benzene rings is 1. The molecule has 22 heavy (non-hydrogen) atoms. The van der Waals surface area contributed by atoms with Gasteiger partial charge >= 0.3 is 0 Å². The molecule has 4 rings (SSSR count). The number of rotatable bonds is 2. The Morgan fingerprint density at radius 3 is 2.73 bits per heavy atom. The van der Waals surface area contributed by atoms with E-state index >= 15 is 0 Å². The minimum atomic E-state index is -0.227. The molecule has 0 unspecified atom stereocenters. The Labute approximate surface area is 127 Å². The van der Waals surface area contributed by atoms with Gasteiger partial charge in [0, 0.05) is 36.7 Å². The summed E-state index contributed by atoms with van der Waals surface area (Å²) in [5.74, 6) is -0.227. The highest BCUT2D eigenvalue weighted by Gasteiger charge is 2.20. The van der Waals surface area contributed by atoms with Gasteiger partial charge in [0.25, 0.3) is 0 Å². The van der Waals surface area contributed by atoms with E-state index in [4.69, 9.17) is 9.84 Å². The number of halogens is 1. The Kier molecular flexibility index (Phi) is 3.42. The van der Waals surface area contributed by atoms with Crippen LogP contribution in [-0.2, 0) is 4.74 Å². The molecule has 0 aliphatic carbocycles. The van der Waals surface area contributed by atoms with Crippen LogP contribution in [-0.4, -0.2) is 29.5 Å². The van der Waals surface area contributed by atoms with Crippen LogP contribution in [0.2, 0.25) is 0 Å². The molecule has 2 aromatic rings. The number of aromatic nitrogens is 2.